The van der Waals surface area contributed by atoms with E-state index in [1.54, 1.807) is 6.20 Å². The second kappa shape index (κ2) is 4.47. The number of rotatable bonds is 1. The molecule has 1 aromatic rings. The lowest BCUT2D eigenvalue weighted by Gasteiger charge is -2.26. The van der Waals surface area contributed by atoms with E-state index in [4.69, 9.17) is 4.74 Å². The highest BCUT2D eigenvalue weighted by Crippen LogP contribution is 2.36. The normalized spacial score (nSPS) is 19.8. The zero-order valence-corrected chi connectivity index (χ0v) is 12.0. The van der Waals surface area contributed by atoms with E-state index in [1.165, 1.54) is 0 Å². The summed E-state index contributed by atoms with van der Waals surface area (Å²) in [5, 5.41) is 0. The monoisotopic (exact) mass is 270 g/mol. The van der Waals surface area contributed by atoms with E-state index in [-0.39, 0.29) is 12.0 Å². The van der Waals surface area contributed by atoms with Crippen molar-refractivity contribution >= 4 is 17.9 Å². The van der Waals surface area contributed by atoms with Gasteiger partial charge in [0.25, 0.3) is 0 Å². The third-order valence-corrected chi connectivity index (χ3v) is 3.36. The highest BCUT2D eigenvalue weighted by molar-refractivity contribution is 5.95. The first-order valence-electron chi connectivity index (χ1n) is 6.79. The quantitative estimate of drug-likeness (QED) is 0.737. The van der Waals surface area contributed by atoms with E-state index in [9.17, 15) is 4.79 Å². The number of para-hydroxylation sites is 1. The molecule has 0 N–H and O–H groups in total. The molecular formula is C16H18N2O2. The fourth-order valence-electron chi connectivity index (χ4n) is 2.64. The van der Waals surface area contributed by atoms with Gasteiger partial charge in [-0.3, -0.25) is 4.99 Å². The lowest BCUT2D eigenvalue weighted by atomic mass is 10.1. The molecule has 0 bridgehead atoms. The summed E-state index contributed by atoms with van der Waals surface area (Å²) in [6, 6.07) is 5.77. The molecule has 2 aliphatic rings. The minimum Gasteiger partial charge on any atom is -0.458 e. The van der Waals surface area contributed by atoms with Crippen LogP contribution in [0.2, 0.25) is 0 Å². The zero-order chi connectivity index (χ0) is 14.3. The Bertz CT molecular complexity index is 611. The van der Waals surface area contributed by atoms with Gasteiger partial charge in [0.15, 0.2) is 0 Å². The van der Waals surface area contributed by atoms with Crippen LogP contribution in [0.5, 0.6) is 0 Å². The van der Waals surface area contributed by atoms with Crippen LogP contribution in [0.25, 0.3) is 0 Å². The highest BCUT2D eigenvalue weighted by atomic mass is 16.6. The van der Waals surface area contributed by atoms with Crippen molar-refractivity contribution in [2.24, 2.45) is 4.99 Å². The van der Waals surface area contributed by atoms with E-state index in [2.05, 4.69) is 11.1 Å². The average molecular weight is 270 g/mol. The van der Waals surface area contributed by atoms with Crippen molar-refractivity contribution in [2.75, 3.05) is 4.90 Å². The zero-order valence-electron chi connectivity index (χ0n) is 12.0. The first-order valence-corrected chi connectivity index (χ1v) is 6.79. The second-order valence-electron chi connectivity index (χ2n) is 6.09. The summed E-state index contributed by atoms with van der Waals surface area (Å²) in [6.07, 6.45) is 6.07. The van der Waals surface area contributed by atoms with Crippen LogP contribution in [0.4, 0.5) is 5.69 Å². The third kappa shape index (κ3) is 2.22. The van der Waals surface area contributed by atoms with E-state index >= 15 is 0 Å². The van der Waals surface area contributed by atoms with Gasteiger partial charge in [-0.25, -0.2) is 4.79 Å². The SMILES string of the molecule is CC(C)(C)OC(=O)[C@@H]1Cc2cccc3c2N1C=CN=C3. The van der Waals surface area contributed by atoms with Crippen LogP contribution in [0, 0.1) is 0 Å². The Balaban J connectivity index is 1.96. The Kier molecular flexibility index (Phi) is 2.89. The number of benzene rings is 1. The summed E-state index contributed by atoms with van der Waals surface area (Å²) in [7, 11) is 0. The van der Waals surface area contributed by atoms with Gasteiger partial charge in [0.05, 0.1) is 5.69 Å². The summed E-state index contributed by atoms with van der Waals surface area (Å²) < 4.78 is 5.53. The van der Waals surface area contributed by atoms with Gasteiger partial charge in [0.1, 0.15) is 11.6 Å². The number of aliphatic imine (C=N–C) groups is 1. The minimum atomic E-state index is -0.471. The molecule has 0 aliphatic carbocycles. The van der Waals surface area contributed by atoms with E-state index in [0.717, 1.165) is 16.8 Å². The Morgan fingerprint density at radius 3 is 2.95 bits per heavy atom. The van der Waals surface area contributed by atoms with Crippen molar-refractivity contribution in [3.8, 4) is 0 Å². The molecule has 0 spiro atoms. The van der Waals surface area contributed by atoms with Crippen molar-refractivity contribution in [3.63, 3.8) is 0 Å². The fraction of sp³-hybridized carbons (Fsp3) is 0.375. The van der Waals surface area contributed by atoms with Gasteiger partial charge in [-0.2, -0.15) is 0 Å². The number of hydrogen-bond donors (Lipinski definition) is 0. The molecule has 0 saturated carbocycles. The maximum Gasteiger partial charge on any atom is 0.329 e. The third-order valence-electron chi connectivity index (χ3n) is 3.36. The molecule has 104 valence electrons. The van der Waals surface area contributed by atoms with Crippen molar-refractivity contribution in [2.45, 2.75) is 38.8 Å². The van der Waals surface area contributed by atoms with Crippen LogP contribution < -0.4 is 4.90 Å². The molecule has 20 heavy (non-hydrogen) atoms. The molecule has 0 radical (unpaired) electrons. The van der Waals surface area contributed by atoms with Crippen molar-refractivity contribution in [1.82, 2.24) is 0 Å². The van der Waals surface area contributed by atoms with Crippen LogP contribution in [-0.2, 0) is 16.0 Å². The van der Waals surface area contributed by atoms with Gasteiger partial charge >= 0.3 is 5.97 Å². The van der Waals surface area contributed by atoms with E-state index in [1.807, 2.05) is 50.2 Å². The summed E-state index contributed by atoms with van der Waals surface area (Å²) in [6.45, 7) is 5.67. The molecule has 4 nitrogen and oxygen atoms in total. The predicted octanol–water partition coefficient (Wildman–Crippen LogP) is 2.66. The van der Waals surface area contributed by atoms with Crippen molar-refractivity contribution < 1.29 is 9.53 Å². The molecule has 2 heterocycles. The molecule has 0 amide bonds. The molecule has 1 aromatic carbocycles. The van der Waals surface area contributed by atoms with Crippen LogP contribution in [0.1, 0.15) is 31.9 Å². The van der Waals surface area contributed by atoms with Crippen LogP contribution >= 0.6 is 0 Å². The maximum atomic E-state index is 12.4. The summed E-state index contributed by atoms with van der Waals surface area (Å²) in [5.74, 6) is -0.189. The number of hydrogen-bond acceptors (Lipinski definition) is 4. The van der Waals surface area contributed by atoms with Crippen molar-refractivity contribution in [3.05, 3.63) is 41.7 Å². The van der Waals surface area contributed by atoms with Crippen LogP contribution in [-0.4, -0.2) is 23.8 Å². The summed E-state index contributed by atoms with van der Waals surface area (Å²) in [5.41, 5.74) is 2.80. The molecular weight excluding hydrogens is 252 g/mol. The topological polar surface area (TPSA) is 41.9 Å². The lowest BCUT2D eigenvalue weighted by molar-refractivity contribution is -0.156. The number of carbonyl (C=O) groups excluding carboxylic acids is 1. The van der Waals surface area contributed by atoms with Gasteiger partial charge in [-0.15, -0.1) is 0 Å². The number of nitrogens with zero attached hydrogens (tertiary/aromatic N) is 2. The largest absolute Gasteiger partial charge is 0.458 e. The average Bonchev–Trinajstić information content (AvgIpc) is 2.58. The van der Waals surface area contributed by atoms with E-state index < -0.39 is 5.60 Å². The van der Waals surface area contributed by atoms with Crippen LogP contribution in [0.3, 0.4) is 0 Å². The highest BCUT2D eigenvalue weighted by Gasteiger charge is 2.37. The lowest BCUT2D eigenvalue weighted by Crippen LogP contribution is -2.40. The van der Waals surface area contributed by atoms with Gasteiger partial charge in [0.2, 0.25) is 0 Å². The number of carbonyl (C=O) groups is 1. The predicted molar refractivity (Wildman–Crippen MR) is 79.0 cm³/mol. The Labute approximate surface area is 118 Å². The van der Waals surface area contributed by atoms with Gasteiger partial charge in [-0.05, 0) is 26.3 Å². The molecule has 0 fully saturated rings. The summed E-state index contributed by atoms with van der Waals surface area (Å²) in [4.78, 5) is 18.6. The fourth-order valence-corrected chi connectivity index (χ4v) is 2.64. The molecule has 4 heteroatoms. The number of ether oxygens (including phenoxy) is 1. The molecule has 1 atom stereocenters. The van der Waals surface area contributed by atoms with Gasteiger partial charge in [-0.1, -0.05) is 18.2 Å². The van der Waals surface area contributed by atoms with Crippen LogP contribution in [0.15, 0.2) is 35.6 Å². The minimum absolute atomic E-state index is 0.189. The molecule has 3 rings (SSSR count). The first-order chi connectivity index (χ1) is 9.46. The van der Waals surface area contributed by atoms with Gasteiger partial charge < -0.3 is 9.64 Å². The maximum absolute atomic E-state index is 12.4. The Morgan fingerprint density at radius 1 is 1.40 bits per heavy atom. The molecule has 2 aliphatic heterocycles. The molecule has 0 saturated heterocycles. The first kappa shape index (κ1) is 12.9. The van der Waals surface area contributed by atoms with Crippen molar-refractivity contribution in [1.29, 1.82) is 0 Å². The Morgan fingerprint density at radius 2 is 2.20 bits per heavy atom. The second-order valence-corrected chi connectivity index (χ2v) is 6.09. The molecule has 0 unspecified atom stereocenters. The Hall–Kier alpha value is -2.10. The summed E-state index contributed by atoms with van der Waals surface area (Å²) >= 11 is 0. The smallest absolute Gasteiger partial charge is 0.329 e. The molecule has 0 aromatic heterocycles. The number of anilines is 1. The number of esters is 1. The van der Waals surface area contributed by atoms with Gasteiger partial charge in [0, 0.05) is 30.6 Å². The standard InChI is InChI=1S/C16H18N2O2/c1-16(2,3)20-15(19)13-9-11-5-4-6-12-10-17-7-8-18(13)14(11)12/h4-8,10,13H,9H2,1-3H3/t13-/m0/s1. The van der Waals surface area contributed by atoms with E-state index in [0.29, 0.717) is 6.42 Å².